The van der Waals surface area contributed by atoms with Gasteiger partial charge in [0.25, 0.3) is 10.1 Å². The van der Waals surface area contributed by atoms with E-state index in [2.05, 4.69) is 60.5 Å². The van der Waals surface area contributed by atoms with Crippen LogP contribution in [-0.4, -0.2) is 59.7 Å². The standard InChI is InChI=1S/C40H47N3O6S/c1-7-10-23-43-33-20-19-27(50(47,48)49)24-31(33)40(6,21-15-11-12-18-36(44)41-22-8-2)35(43)26-29-37(45)28(38(29)46)25-34-39(4,5)30-16-13-14-17-32(30)42(34)9-3/h2,13-14,16-17,19-20,24-26H,7,9-12,15,18,21-23H2,1,3-6H3,(H2-,41,44,45,46,47,48,49)/p+1. The third kappa shape index (κ3) is 6.69. The van der Waals surface area contributed by atoms with E-state index in [1.165, 1.54) is 12.1 Å². The Labute approximate surface area is 296 Å². The predicted octanol–water partition coefficient (Wildman–Crippen LogP) is 6.81. The number of ketones is 1. The van der Waals surface area contributed by atoms with Crippen LogP contribution in [0.4, 0.5) is 11.4 Å². The highest BCUT2D eigenvalue weighted by Crippen LogP contribution is 2.52. The first-order valence-electron chi connectivity index (χ1n) is 17.5. The van der Waals surface area contributed by atoms with E-state index < -0.39 is 15.5 Å². The number of aliphatic hydroxyl groups is 1. The normalized spacial score (nSPS) is 21.1. The van der Waals surface area contributed by atoms with E-state index in [-0.39, 0.29) is 45.5 Å². The Balaban J connectivity index is 1.55. The van der Waals surface area contributed by atoms with Crippen molar-refractivity contribution in [1.82, 2.24) is 5.32 Å². The Morgan fingerprint density at radius 3 is 2.44 bits per heavy atom. The number of allylic oxidation sites excluding steroid dienone is 5. The number of carbonyl (C=O) groups excluding carboxylic acids is 2. The van der Waals surface area contributed by atoms with E-state index in [1.807, 2.05) is 25.1 Å². The minimum atomic E-state index is -4.48. The third-order valence-electron chi connectivity index (χ3n) is 10.4. The van der Waals surface area contributed by atoms with Gasteiger partial charge in [-0.2, -0.15) is 13.0 Å². The molecule has 0 bridgehead atoms. The van der Waals surface area contributed by atoms with Crippen molar-refractivity contribution in [3.8, 4) is 12.3 Å². The smallest absolute Gasteiger partial charge is 0.294 e. The molecule has 3 N–H and O–H groups in total. The van der Waals surface area contributed by atoms with Crippen molar-refractivity contribution in [1.29, 1.82) is 0 Å². The first-order chi connectivity index (χ1) is 23.7. The molecule has 5 rings (SSSR count). The molecule has 1 aliphatic carbocycles. The fourth-order valence-corrected chi connectivity index (χ4v) is 8.09. The summed E-state index contributed by atoms with van der Waals surface area (Å²) in [6.07, 6.45) is 13.6. The van der Waals surface area contributed by atoms with E-state index >= 15 is 0 Å². The minimum absolute atomic E-state index is 0.0665. The van der Waals surface area contributed by atoms with Crippen molar-refractivity contribution < 1.29 is 32.2 Å². The van der Waals surface area contributed by atoms with Crippen LogP contribution in [-0.2, 0) is 30.5 Å². The van der Waals surface area contributed by atoms with E-state index in [9.17, 15) is 27.7 Å². The molecule has 10 heteroatoms. The molecule has 1 amide bonds. The maximum absolute atomic E-state index is 13.9. The van der Waals surface area contributed by atoms with Crippen molar-refractivity contribution in [2.75, 3.05) is 24.5 Å². The quantitative estimate of drug-likeness (QED) is 0.0651. The monoisotopic (exact) mass is 698 g/mol. The molecule has 0 fully saturated rings. The average molecular weight is 699 g/mol. The second kappa shape index (κ2) is 14.4. The molecule has 0 spiro atoms. The molecular weight excluding hydrogens is 651 g/mol. The number of nitrogens with one attached hydrogen (secondary N) is 1. The van der Waals surface area contributed by atoms with E-state index in [4.69, 9.17) is 6.42 Å². The number of benzene rings is 2. The number of fused-ring (bicyclic) bond motifs is 2. The summed E-state index contributed by atoms with van der Waals surface area (Å²) in [6.45, 7) is 11.9. The number of rotatable bonds is 14. The first-order valence-corrected chi connectivity index (χ1v) is 18.9. The maximum Gasteiger partial charge on any atom is 0.294 e. The predicted molar refractivity (Wildman–Crippen MR) is 197 cm³/mol. The number of nitrogens with zero attached hydrogens (tertiary/aromatic N) is 2. The highest BCUT2D eigenvalue weighted by molar-refractivity contribution is 7.85. The van der Waals surface area contributed by atoms with E-state index in [0.29, 0.717) is 38.8 Å². The summed E-state index contributed by atoms with van der Waals surface area (Å²) >= 11 is 0. The largest absolute Gasteiger partial charge is 0.506 e. The van der Waals surface area contributed by atoms with Gasteiger partial charge in [0.05, 0.1) is 28.0 Å². The fourth-order valence-electron chi connectivity index (χ4n) is 7.58. The third-order valence-corrected chi connectivity index (χ3v) is 11.2. The van der Waals surface area contributed by atoms with Crippen LogP contribution in [0.1, 0.15) is 90.7 Å². The van der Waals surface area contributed by atoms with Gasteiger partial charge in [0.15, 0.2) is 5.71 Å². The van der Waals surface area contributed by atoms with Crippen LogP contribution in [0.2, 0.25) is 0 Å². The molecule has 2 aromatic carbocycles. The van der Waals surface area contributed by atoms with Crippen LogP contribution < -0.4 is 10.2 Å². The lowest BCUT2D eigenvalue weighted by molar-refractivity contribution is -0.433. The number of amides is 1. The van der Waals surface area contributed by atoms with Gasteiger partial charge in [0.1, 0.15) is 12.3 Å². The summed E-state index contributed by atoms with van der Waals surface area (Å²) in [5, 5.41) is 14.2. The molecule has 1 unspecified atom stereocenters. The van der Waals surface area contributed by atoms with Crippen molar-refractivity contribution >= 4 is 38.9 Å². The van der Waals surface area contributed by atoms with Gasteiger partial charge in [0.2, 0.25) is 17.4 Å². The first kappa shape index (κ1) is 36.8. The number of aliphatic hydroxyl groups excluding tert-OH is 1. The number of anilines is 1. The molecule has 2 heterocycles. The number of para-hydroxylation sites is 1. The van der Waals surface area contributed by atoms with E-state index in [1.54, 1.807) is 12.1 Å². The van der Waals surface area contributed by atoms with Crippen LogP contribution in [0.25, 0.3) is 0 Å². The summed E-state index contributed by atoms with van der Waals surface area (Å²) in [4.78, 5) is 27.9. The van der Waals surface area contributed by atoms with Crippen LogP contribution in [0.15, 0.2) is 82.1 Å². The van der Waals surface area contributed by atoms with Crippen LogP contribution in [0.5, 0.6) is 0 Å². The Bertz CT molecular complexity index is 2000. The van der Waals surface area contributed by atoms with Crippen molar-refractivity contribution in [3.63, 3.8) is 0 Å². The Hall–Kier alpha value is -4.46. The van der Waals surface area contributed by atoms with Gasteiger partial charge >= 0.3 is 0 Å². The summed E-state index contributed by atoms with van der Waals surface area (Å²) in [5.74, 6) is 1.97. The van der Waals surface area contributed by atoms with Crippen molar-refractivity contribution in [3.05, 3.63) is 88.3 Å². The molecule has 0 saturated heterocycles. The molecule has 3 aliphatic rings. The highest BCUT2D eigenvalue weighted by atomic mass is 32.2. The molecule has 2 aliphatic heterocycles. The molecule has 0 aromatic heterocycles. The lowest BCUT2D eigenvalue weighted by Crippen LogP contribution is -2.33. The summed E-state index contributed by atoms with van der Waals surface area (Å²) in [7, 11) is -4.48. The maximum atomic E-state index is 13.9. The molecule has 1 atom stereocenters. The van der Waals surface area contributed by atoms with E-state index in [0.717, 1.165) is 53.2 Å². The number of Topliss-reactive ketones (excluding diaryl/α,β-unsaturated/α-hetero) is 1. The van der Waals surface area contributed by atoms with Crippen LogP contribution in [0, 0.1) is 12.3 Å². The fraction of sp³-hybridized carbons (Fsp3) is 0.425. The number of hydrogen-bond acceptors (Lipinski definition) is 6. The molecule has 2 aromatic rings. The Morgan fingerprint density at radius 1 is 1.04 bits per heavy atom. The lowest BCUT2D eigenvalue weighted by atomic mass is 9.75. The Kier molecular flexibility index (Phi) is 10.6. The zero-order valence-electron chi connectivity index (χ0n) is 29.7. The molecule has 9 nitrogen and oxygen atoms in total. The number of hydrogen-bond donors (Lipinski definition) is 3. The highest BCUT2D eigenvalue weighted by Gasteiger charge is 2.48. The van der Waals surface area contributed by atoms with Crippen molar-refractivity contribution in [2.45, 2.75) is 95.3 Å². The van der Waals surface area contributed by atoms with Crippen LogP contribution >= 0.6 is 0 Å². The molecular formula is C40H48N3O6S+. The second-order valence-corrected chi connectivity index (χ2v) is 15.4. The van der Waals surface area contributed by atoms with Gasteiger partial charge in [-0.05, 0) is 76.8 Å². The van der Waals surface area contributed by atoms with Crippen LogP contribution in [0.3, 0.4) is 0 Å². The summed E-state index contributed by atoms with van der Waals surface area (Å²) < 4.78 is 36.7. The van der Waals surface area contributed by atoms with Crippen molar-refractivity contribution in [2.24, 2.45) is 0 Å². The van der Waals surface area contributed by atoms with Gasteiger partial charge in [-0.25, -0.2) is 0 Å². The van der Waals surface area contributed by atoms with Gasteiger partial charge in [-0.1, -0.05) is 50.3 Å². The molecule has 264 valence electrons. The summed E-state index contributed by atoms with van der Waals surface area (Å²) in [5.41, 5.74) is 4.85. The minimum Gasteiger partial charge on any atom is -0.506 e. The average Bonchev–Trinajstić information content (AvgIpc) is 3.45. The number of unbranched alkanes of at least 4 members (excludes halogenated alkanes) is 3. The summed E-state index contributed by atoms with van der Waals surface area (Å²) in [6, 6.07) is 12.8. The zero-order valence-corrected chi connectivity index (χ0v) is 30.5. The molecule has 0 saturated carbocycles. The topological polar surface area (TPSA) is 127 Å². The number of terminal acetylenes is 1. The lowest BCUT2D eigenvalue weighted by Gasteiger charge is -2.32. The molecule has 0 radical (unpaired) electrons. The van der Waals surface area contributed by atoms with Gasteiger partial charge < -0.3 is 15.3 Å². The van der Waals surface area contributed by atoms with Gasteiger partial charge in [-0.3, -0.25) is 14.1 Å². The second-order valence-electron chi connectivity index (χ2n) is 14.0. The van der Waals surface area contributed by atoms with Gasteiger partial charge in [0, 0.05) is 47.5 Å². The Morgan fingerprint density at radius 2 is 1.78 bits per heavy atom. The molecule has 50 heavy (non-hydrogen) atoms. The zero-order chi connectivity index (χ0) is 36.4. The SMILES string of the molecule is C#CCNC(=O)CCCCCC1(C)C(=CC2=C(O)C(=CC3=[N+](CC)c4ccccc4C3(C)C)C2=O)N(CCCC)c2ccc(S(=O)(=O)O)cc21. The number of carbonyl (C=O) groups is 2. The van der Waals surface area contributed by atoms with Gasteiger partial charge in [-0.15, -0.1) is 6.42 Å².